The minimum atomic E-state index is -0.889. The lowest BCUT2D eigenvalue weighted by Crippen LogP contribution is -2.55. The molecular formula is C33H39FN2O4. The Morgan fingerprint density at radius 1 is 0.925 bits per heavy atom. The second kappa shape index (κ2) is 13.6. The van der Waals surface area contributed by atoms with E-state index in [1.807, 2.05) is 36.1 Å². The standard InChI is InChI=1S/C33H39FN2O4/c1-3-5-22-7-11-24(12-8-22)31-32(25-13-17-27(35)18-14-25)40-29(21-23-9-15-26(34)16-10-23)33(39)36(31)28(6-4-2)19-20-30(37)38/h7-18,28-29,31-32H,3-6,19-21,35H2,1-2H3,(H,37,38). The van der Waals surface area contributed by atoms with Gasteiger partial charge >= 0.3 is 5.97 Å². The largest absolute Gasteiger partial charge is 0.481 e. The summed E-state index contributed by atoms with van der Waals surface area (Å²) in [6.45, 7) is 4.18. The van der Waals surface area contributed by atoms with Crippen molar-refractivity contribution >= 4 is 17.6 Å². The molecule has 4 atom stereocenters. The number of halogens is 1. The number of hydrogen-bond donors (Lipinski definition) is 2. The van der Waals surface area contributed by atoms with Gasteiger partial charge in [0.05, 0.1) is 6.04 Å². The summed E-state index contributed by atoms with van der Waals surface area (Å²) in [5, 5.41) is 9.51. The number of carboxylic acids is 1. The van der Waals surface area contributed by atoms with Crippen LogP contribution >= 0.6 is 0 Å². The van der Waals surface area contributed by atoms with Gasteiger partial charge in [-0.15, -0.1) is 0 Å². The normalized spacial score (nSPS) is 19.9. The van der Waals surface area contributed by atoms with Crippen LogP contribution in [0.2, 0.25) is 0 Å². The highest BCUT2D eigenvalue weighted by molar-refractivity contribution is 5.83. The number of benzene rings is 3. The number of nitrogens with zero attached hydrogens (tertiary/aromatic N) is 1. The molecule has 0 bridgehead atoms. The molecule has 4 rings (SSSR count). The van der Waals surface area contributed by atoms with E-state index in [0.29, 0.717) is 18.5 Å². The molecule has 3 aromatic carbocycles. The molecule has 1 amide bonds. The van der Waals surface area contributed by atoms with Crippen molar-refractivity contribution in [1.82, 2.24) is 4.90 Å². The number of ether oxygens (including phenoxy) is 1. The van der Waals surface area contributed by atoms with E-state index in [-0.39, 0.29) is 30.6 Å². The summed E-state index contributed by atoms with van der Waals surface area (Å²) in [6.07, 6.45) is 2.72. The molecule has 7 heteroatoms. The molecule has 0 radical (unpaired) electrons. The topological polar surface area (TPSA) is 92.9 Å². The number of carbonyl (C=O) groups excluding carboxylic acids is 1. The number of aliphatic carboxylic acids is 1. The zero-order valence-electron chi connectivity index (χ0n) is 23.3. The summed E-state index contributed by atoms with van der Waals surface area (Å²) in [5.41, 5.74) is 10.5. The van der Waals surface area contributed by atoms with Crippen molar-refractivity contribution in [3.8, 4) is 0 Å². The Balaban J connectivity index is 1.82. The highest BCUT2D eigenvalue weighted by Crippen LogP contribution is 2.45. The number of anilines is 1. The number of nitrogen functional groups attached to an aromatic ring is 1. The van der Waals surface area contributed by atoms with Crippen molar-refractivity contribution in [2.24, 2.45) is 0 Å². The molecule has 40 heavy (non-hydrogen) atoms. The number of nitrogens with two attached hydrogens (primary N) is 1. The second-order valence-electron chi connectivity index (χ2n) is 10.6. The van der Waals surface area contributed by atoms with Crippen LogP contribution in [-0.4, -0.2) is 34.0 Å². The highest BCUT2D eigenvalue weighted by atomic mass is 19.1. The SMILES string of the molecule is CCCc1ccc(C2C(c3ccc(N)cc3)OC(Cc3ccc(F)cc3)C(=O)N2C(CCC)CCC(=O)O)cc1. The fourth-order valence-electron chi connectivity index (χ4n) is 5.63. The third-order valence-electron chi connectivity index (χ3n) is 7.59. The van der Waals surface area contributed by atoms with Crippen molar-refractivity contribution in [1.29, 1.82) is 0 Å². The lowest BCUT2D eigenvalue weighted by atomic mass is 9.87. The molecular weight excluding hydrogens is 507 g/mol. The van der Waals surface area contributed by atoms with E-state index in [2.05, 4.69) is 31.2 Å². The van der Waals surface area contributed by atoms with Crippen molar-refractivity contribution in [2.45, 2.75) is 83.1 Å². The van der Waals surface area contributed by atoms with Crippen LogP contribution in [-0.2, 0) is 27.2 Å². The molecule has 4 unspecified atom stereocenters. The van der Waals surface area contributed by atoms with Crippen molar-refractivity contribution < 1.29 is 23.8 Å². The summed E-state index contributed by atoms with van der Waals surface area (Å²) in [6, 6.07) is 21.2. The first-order chi connectivity index (χ1) is 19.3. The van der Waals surface area contributed by atoms with Gasteiger partial charge < -0.3 is 20.5 Å². The molecule has 3 N–H and O–H groups in total. The average molecular weight is 547 g/mol. The molecule has 0 saturated carbocycles. The Bertz CT molecular complexity index is 1260. The molecule has 1 aliphatic rings. The number of aryl methyl sites for hydroxylation is 1. The van der Waals surface area contributed by atoms with E-state index >= 15 is 0 Å². The molecule has 0 spiro atoms. The molecule has 0 aromatic heterocycles. The lowest BCUT2D eigenvalue weighted by molar-refractivity contribution is -0.180. The Labute approximate surface area is 236 Å². The summed E-state index contributed by atoms with van der Waals surface area (Å²) in [7, 11) is 0. The Kier molecular flexibility index (Phi) is 9.93. The lowest BCUT2D eigenvalue weighted by Gasteiger charge is -2.48. The first-order valence-corrected chi connectivity index (χ1v) is 14.2. The number of hydrogen-bond acceptors (Lipinski definition) is 4. The zero-order valence-corrected chi connectivity index (χ0v) is 23.3. The van der Waals surface area contributed by atoms with E-state index in [1.54, 1.807) is 12.1 Å². The molecule has 1 heterocycles. The van der Waals surface area contributed by atoms with Gasteiger partial charge in [-0.2, -0.15) is 0 Å². The minimum Gasteiger partial charge on any atom is -0.481 e. The van der Waals surface area contributed by atoms with E-state index in [0.717, 1.165) is 36.0 Å². The van der Waals surface area contributed by atoms with E-state index in [1.165, 1.54) is 17.7 Å². The molecule has 212 valence electrons. The molecule has 1 saturated heterocycles. The quantitative estimate of drug-likeness (QED) is 0.248. The predicted octanol–water partition coefficient (Wildman–Crippen LogP) is 6.65. The van der Waals surface area contributed by atoms with Gasteiger partial charge in [0.1, 0.15) is 18.0 Å². The molecule has 1 fully saturated rings. The van der Waals surface area contributed by atoms with Gasteiger partial charge in [0.15, 0.2) is 0 Å². The molecule has 1 aliphatic heterocycles. The average Bonchev–Trinajstić information content (AvgIpc) is 2.94. The Hall–Kier alpha value is -3.71. The number of carboxylic acid groups (broad SMARTS) is 1. The summed E-state index contributed by atoms with van der Waals surface area (Å²) < 4.78 is 20.3. The van der Waals surface area contributed by atoms with Gasteiger partial charge in [0.25, 0.3) is 5.91 Å². The maximum atomic E-state index is 14.3. The van der Waals surface area contributed by atoms with E-state index in [4.69, 9.17) is 10.5 Å². The van der Waals surface area contributed by atoms with Crippen LogP contribution < -0.4 is 5.73 Å². The first kappa shape index (κ1) is 29.3. The summed E-state index contributed by atoms with van der Waals surface area (Å²) in [4.78, 5) is 27.8. The van der Waals surface area contributed by atoms with Crippen molar-refractivity contribution in [3.63, 3.8) is 0 Å². The summed E-state index contributed by atoms with van der Waals surface area (Å²) >= 11 is 0. The monoisotopic (exact) mass is 546 g/mol. The van der Waals surface area contributed by atoms with E-state index < -0.39 is 24.2 Å². The second-order valence-corrected chi connectivity index (χ2v) is 10.6. The van der Waals surface area contributed by atoms with Crippen LogP contribution in [0.1, 0.15) is 80.4 Å². The van der Waals surface area contributed by atoms with Crippen LogP contribution in [0.25, 0.3) is 0 Å². The van der Waals surface area contributed by atoms with Gasteiger partial charge in [0.2, 0.25) is 0 Å². The molecule has 6 nitrogen and oxygen atoms in total. The smallest absolute Gasteiger partial charge is 0.303 e. The first-order valence-electron chi connectivity index (χ1n) is 14.2. The maximum Gasteiger partial charge on any atom is 0.303 e. The van der Waals surface area contributed by atoms with Crippen molar-refractivity contribution in [2.75, 3.05) is 5.73 Å². The third kappa shape index (κ3) is 7.07. The number of amides is 1. The van der Waals surface area contributed by atoms with Gasteiger partial charge in [-0.3, -0.25) is 9.59 Å². The van der Waals surface area contributed by atoms with Crippen LogP contribution in [0.5, 0.6) is 0 Å². The van der Waals surface area contributed by atoms with E-state index in [9.17, 15) is 19.1 Å². The number of morpholine rings is 1. The van der Waals surface area contributed by atoms with Crippen molar-refractivity contribution in [3.05, 3.63) is 101 Å². The van der Waals surface area contributed by atoms with Gasteiger partial charge in [-0.25, -0.2) is 4.39 Å². The predicted molar refractivity (Wildman–Crippen MR) is 154 cm³/mol. The zero-order chi connectivity index (χ0) is 28.6. The Morgan fingerprint density at radius 2 is 1.55 bits per heavy atom. The third-order valence-corrected chi connectivity index (χ3v) is 7.59. The van der Waals surface area contributed by atoms with Gasteiger partial charge in [-0.1, -0.05) is 75.2 Å². The maximum absolute atomic E-state index is 14.3. The molecule has 0 aliphatic carbocycles. The molecule has 3 aromatic rings. The number of carbonyl (C=O) groups is 2. The fraction of sp³-hybridized carbons (Fsp3) is 0.394. The van der Waals surface area contributed by atoms with Crippen LogP contribution in [0.15, 0.2) is 72.8 Å². The van der Waals surface area contributed by atoms with Gasteiger partial charge in [0, 0.05) is 24.6 Å². The summed E-state index contributed by atoms with van der Waals surface area (Å²) in [5.74, 6) is -1.41. The van der Waals surface area contributed by atoms with Crippen LogP contribution in [0.4, 0.5) is 10.1 Å². The Morgan fingerprint density at radius 3 is 2.15 bits per heavy atom. The fourth-order valence-corrected chi connectivity index (χ4v) is 5.63. The van der Waals surface area contributed by atoms with Crippen LogP contribution in [0.3, 0.4) is 0 Å². The number of rotatable bonds is 12. The highest BCUT2D eigenvalue weighted by Gasteiger charge is 2.46. The minimum absolute atomic E-state index is 0.0351. The van der Waals surface area contributed by atoms with Gasteiger partial charge in [-0.05, 0) is 65.8 Å². The van der Waals surface area contributed by atoms with Crippen LogP contribution in [0, 0.1) is 5.82 Å².